The summed E-state index contributed by atoms with van der Waals surface area (Å²) in [6.45, 7) is 3.32. The molecule has 0 aliphatic heterocycles. The first kappa shape index (κ1) is 17.5. The SMILES string of the molecule is CC(C)C(NC(=O)CCn1[nH]c(=O)c2ccccc2c1=O)C(=O)O. The predicted octanol–water partition coefficient (Wildman–Crippen LogP) is 0.305. The lowest BCUT2D eigenvalue weighted by Gasteiger charge is -2.18. The summed E-state index contributed by atoms with van der Waals surface area (Å²) in [5.74, 6) is -1.89. The number of hydrogen-bond donors (Lipinski definition) is 3. The van der Waals surface area contributed by atoms with Gasteiger partial charge in [-0.2, -0.15) is 0 Å². The molecule has 0 saturated carbocycles. The summed E-state index contributed by atoms with van der Waals surface area (Å²) in [6.07, 6.45) is -0.120. The fourth-order valence-corrected chi connectivity index (χ4v) is 2.38. The summed E-state index contributed by atoms with van der Waals surface area (Å²) in [7, 11) is 0. The summed E-state index contributed by atoms with van der Waals surface area (Å²) in [4.78, 5) is 47.3. The number of carbonyl (C=O) groups excluding carboxylic acids is 1. The van der Waals surface area contributed by atoms with Gasteiger partial charge >= 0.3 is 5.97 Å². The van der Waals surface area contributed by atoms with Crippen LogP contribution >= 0.6 is 0 Å². The Morgan fingerprint density at radius 2 is 1.83 bits per heavy atom. The molecule has 2 rings (SSSR count). The highest BCUT2D eigenvalue weighted by molar-refractivity contribution is 5.83. The minimum absolute atomic E-state index is 0.0465. The van der Waals surface area contributed by atoms with Crippen molar-refractivity contribution in [2.75, 3.05) is 0 Å². The number of carboxylic acid groups (broad SMARTS) is 1. The van der Waals surface area contributed by atoms with Crippen LogP contribution in [0.4, 0.5) is 0 Å². The molecule has 0 spiro atoms. The van der Waals surface area contributed by atoms with Crippen LogP contribution < -0.4 is 16.4 Å². The van der Waals surface area contributed by atoms with Gasteiger partial charge in [0, 0.05) is 6.42 Å². The summed E-state index contributed by atoms with van der Waals surface area (Å²) in [6, 6.07) is 5.41. The minimum atomic E-state index is -1.12. The van der Waals surface area contributed by atoms with Crippen molar-refractivity contribution in [1.82, 2.24) is 15.1 Å². The first-order chi connectivity index (χ1) is 11.3. The molecule has 0 fully saturated rings. The number of aliphatic carboxylic acids is 1. The molecule has 1 aromatic heterocycles. The molecule has 0 bridgehead atoms. The first-order valence-electron chi connectivity index (χ1n) is 7.55. The van der Waals surface area contributed by atoms with E-state index in [1.165, 1.54) is 0 Å². The summed E-state index contributed by atoms with van der Waals surface area (Å²) in [5, 5.41) is 14.5. The summed E-state index contributed by atoms with van der Waals surface area (Å²) >= 11 is 0. The monoisotopic (exact) mass is 333 g/mol. The van der Waals surface area contributed by atoms with Gasteiger partial charge < -0.3 is 10.4 Å². The van der Waals surface area contributed by atoms with Crippen LogP contribution in [0.1, 0.15) is 20.3 Å². The molecule has 3 N–H and O–H groups in total. The number of rotatable bonds is 6. The highest BCUT2D eigenvalue weighted by Crippen LogP contribution is 2.04. The Morgan fingerprint density at radius 3 is 2.42 bits per heavy atom. The molecule has 1 aromatic carbocycles. The second-order valence-corrected chi connectivity index (χ2v) is 5.82. The van der Waals surface area contributed by atoms with Crippen LogP contribution in [0.5, 0.6) is 0 Å². The Hall–Kier alpha value is -2.90. The number of carboxylic acids is 1. The Labute approximate surface area is 137 Å². The second-order valence-electron chi connectivity index (χ2n) is 5.82. The molecular weight excluding hydrogens is 314 g/mol. The fraction of sp³-hybridized carbons (Fsp3) is 0.375. The number of amides is 1. The van der Waals surface area contributed by atoms with E-state index in [2.05, 4.69) is 10.4 Å². The lowest BCUT2D eigenvalue weighted by atomic mass is 10.0. The average Bonchev–Trinajstić information content (AvgIpc) is 2.54. The number of aromatic amines is 1. The molecule has 0 aliphatic carbocycles. The van der Waals surface area contributed by atoms with Gasteiger partial charge in [-0.05, 0) is 18.1 Å². The van der Waals surface area contributed by atoms with Crippen LogP contribution in [0.15, 0.2) is 33.9 Å². The fourth-order valence-electron chi connectivity index (χ4n) is 2.38. The van der Waals surface area contributed by atoms with Crippen molar-refractivity contribution in [3.63, 3.8) is 0 Å². The number of H-pyrrole nitrogens is 1. The Bertz CT molecular complexity index is 881. The number of carbonyl (C=O) groups is 2. The second kappa shape index (κ2) is 7.12. The van der Waals surface area contributed by atoms with Gasteiger partial charge in [0.05, 0.1) is 17.3 Å². The summed E-state index contributed by atoms with van der Waals surface area (Å²) < 4.78 is 1.06. The molecular formula is C16H19N3O5. The third-order valence-corrected chi connectivity index (χ3v) is 3.70. The molecule has 0 radical (unpaired) electrons. The molecule has 24 heavy (non-hydrogen) atoms. The van der Waals surface area contributed by atoms with E-state index in [9.17, 15) is 19.2 Å². The molecule has 1 heterocycles. The van der Waals surface area contributed by atoms with E-state index in [1.54, 1.807) is 38.1 Å². The highest BCUT2D eigenvalue weighted by Gasteiger charge is 2.23. The van der Waals surface area contributed by atoms with Crippen molar-refractivity contribution in [1.29, 1.82) is 0 Å². The molecule has 8 nitrogen and oxygen atoms in total. The largest absolute Gasteiger partial charge is 0.480 e. The normalized spacial score (nSPS) is 12.3. The van der Waals surface area contributed by atoms with Crippen molar-refractivity contribution in [2.24, 2.45) is 5.92 Å². The summed E-state index contributed by atoms with van der Waals surface area (Å²) in [5.41, 5.74) is -0.826. The van der Waals surface area contributed by atoms with Crippen LogP contribution in [0.3, 0.4) is 0 Å². The molecule has 128 valence electrons. The van der Waals surface area contributed by atoms with E-state index < -0.39 is 29.0 Å². The third kappa shape index (κ3) is 3.70. The van der Waals surface area contributed by atoms with Crippen molar-refractivity contribution in [3.8, 4) is 0 Å². The Kier molecular flexibility index (Phi) is 5.18. The molecule has 2 aromatic rings. The predicted molar refractivity (Wildman–Crippen MR) is 87.9 cm³/mol. The van der Waals surface area contributed by atoms with Crippen molar-refractivity contribution in [2.45, 2.75) is 32.9 Å². The van der Waals surface area contributed by atoms with Crippen LogP contribution in [-0.4, -0.2) is 32.8 Å². The maximum Gasteiger partial charge on any atom is 0.326 e. The molecule has 1 unspecified atom stereocenters. The molecule has 1 amide bonds. The van der Waals surface area contributed by atoms with E-state index in [4.69, 9.17) is 5.11 Å². The third-order valence-electron chi connectivity index (χ3n) is 3.70. The van der Waals surface area contributed by atoms with Crippen LogP contribution in [-0.2, 0) is 16.1 Å². The topological polar surface area (TPSA) is 121 Å². The van der Waals surface area contributed by atoms with E-state index in [0.29, 0.717) is 0 Å². The van der Waals surface area contributed by atoms with Crippen LogP contribution in [0.2, 0.25) is 0 Å². The van der Waals surface area contributed by atoms with Crippen molar-refractivity contribution in [3.05, 3.63) is 45.0 Å². The van der Waals surface area contributed by atoms with Gasteiger partial charge in [-0.3, -0.25) is 19.5 Å². The van der Waals surface area contributed by atoms with Gasteiger partial charge in [0.2, 0.25) is 5.91 Å². The molecule has 1 atom stereocenters. The van der Waals surface area contributed by atoms with Crippen molar-refractivity contribution >= 4 is 22.6 Å². The smallest absolute Gasteiger partial charge is 0.326 e. The average molecular weight is 333 g/mol. The van der Waals surface area contributed by atoms with Crippen molar-refractivity contribution < 1.29 is 14.7 Å². The van der Waals surface area contributed by atoms with Gasteiger partial charge in [-0.25, -0.2) is 9.48 Å². The number of benzene rings is 1. The Morgan fingerprint density at radius 1 is 1.21 bits per heavy atom. The Balaban J connectivity index is 2.15. The maximum atomic E-state index is 12.3. The molecule has 0 aliphatic rings. The van der Waals surface area contributed by atoms with Gasteiger partial charge in [-0.1, -0.05) is 26.0 Å². The zero-order chi connectivity index (χ0) is 17.9. The lowest BCUT2D eigenvalue weighted by Crippen LogP contribution is -2.44. The van der Waals surface area contributed by atoms with E-state index in [0.717, 1.165) is 4.68 Å². The number of hydrogen-bond acceptors (Lipinski definition) is 4. The number of nitrogens with one attached hydrogen (secondary N) is 2. The zero-order valence-electron chi connectivity index (χ0n) is 13.4. The molecule has 0 saturated heterocycles. The van der Waals surface area contributed by atoms with Gasteiger partial charge in [0.25, 0.3) is 11.1 Å². The maximum absolute atomic E-state index is 12.3. The number of aryl methyl sites for hydroxylation is 1. The lowest BCUT2D eigenvalue weighted by molar-refractivity contribution is -0.143. The van der Waals surface area contributed by atoms with Gasteiger partial charge in [-0.15, -0.1) is 0 Å². The van der Waals surface area contributed by atoms with E-state index in [-0.39, 0.29) is 29.7 Å². The quantitative estimate of drug-likeness (QED) is 0.702. The van der Waals surface area contributed by atoms with Gasteiger partial charge in [0.15, 0.2) is 0 Å². The van der Waals surface area contributed by atoms with E-state index in [1.807, 2.05) is 0 Å². The number of aromatic nitrogens is 2. The van der Waals surface area contributed by atoms with Crippen LogP contribution in [0, 0.1) is 5.92 Å². The zero-order valence-corrected chi connectivity index (χ0v) is 13.4. The van der Waals surface area contributed by atoms with E-state index >= 15 is 0 Å². The molecule has 8 heteroatoms. The van der Waals surface area contributed by atoms with Gasteiger partial charge in [0.1, 0.15) is 6.04 Å². The first-order valence-corrected chi connectivity index (χ1v) is 7.55. The number of fused-ring (bicyclic) bond motifs is 1. The minimum Gasteiger partial charge on any atom is -0.480 e. The highest BCUT2D eigenvalue weighted by atomic mass is 16.4. The van der Waals surface area contributed by atoms with Crippen LogP contribution in [0.25, 0.3) is 10.8 Å². The number of nitrogens with zero attached hydrogens (tertiary/aromatic N) is 1. The standard InChI is InChI=1S/C16H19N3O5/c1-9(2)13(16(23)24)17-12(20)7-8-19-15(22)11-6-4-3-5-10(11)14(21)18-19/h3-6,9,13H,7-8H2,1-2H3,(H,17,20)(H,18,21)(H,23,24).